The molecule has 1 aromatic heterocycles. The highest BCUT2D eigenvalue weighted by Gasteiger charge is 2.33. The molecule has 2 aromatic carbocycles. The summed E-state index contributed by atoms with van der Waals surface area (Å²) in [5, 5.41) is 0.647. The normalized spacial score (nSPS) is 15.2. The molecule has 0 bridgehead atoms. The number of nitrogens with two attached hydrogens (primary N) is 1. The SMILES string of the molecule is NC(=O)c1ccccc1CN(C(=O)c1ccns1)[C@@H]1CCc2ccc(Cl)cc21. The van der Waals surface area contributed by atoms with E-state index in [4.69, 9.17) is 17.3 Å². The highest BCUT2D eigenvalue weighted by atomic mass is 35.5. The van der Waals surface area contributed by atoms with Crippen LogP contribution in [0.15, 0.2) is 54.7 Å². The molecule has 4 rings (SSSR count). The fourth-order valence-electron chi connectivity index (χ4n) is 3.75. The zero-order chi connectivity index (χ0) is 19.7. The van der Waals surface area contributed by atoms with Crippen molar-refractivity contribution in [1.29, 1.82) is 0 Å². The second kappa shape index (κ2) is 7.73. The molecule has 0 saturated carbocycles. The highest BCUT2D eigenvalue weighted by Crippen LogP contribution is 2.39. The van der Waals surface area contributed by atoms with Gasteiger partial charge in [0, 0.05) is 23.3 Å². The Hall–Kier alpha value is -2.70. The molecule has 3 aromatic rings. The average Bonchev–Trinajstić information content (AvgIpc) is 3.35. The van der Waals surface area contributed by atoms with Crippen LogP contribution in [0.3, 0.4) is 0 Å². The summed E-state index contributed by atoms with van der Waals surface area (Å²) in [6, 6.07) is 14.6. The summed E-state index contributed by atoms with van der Waals surface area (Å²) in [6.07, 6.45) is 3.30. The van der Waals surface area contributed by atoms with E-state index in [1.807, 2.05) is 30.3 Å². The maximum atomic E-state index is 13.3. The maximum absolute atomic E-state index is 13.3. The number of halogens is 1. The number of amides is 2. The Bertz CT molecular complexity index is 1040. The van der Waals surface area contributed by atoms with Crippen molar-refractivity contribution in [3.63, 3.8) is 0 Å². The van der Waals surface area contributed by atoms with Crippen LogP contribution in [0.2, 0.25) is 5.02 Å². The van der Waals surface area contributed by atoms with Crippen LogP contribution in [0.1, 0.15) is 49.2 Å². The van der Waals surface area contributed by atoms with E-state index in [0.29, 0.717) is 15.5 Å². The molecule has 0 aliphatic heterocycles. The van der Waals surface area contributed by atoms with Crippen LogP contribution < -0.4 is 5.73 Å². The topological polar surface area (TPSA) is 76.3 Å². The minimum Gasteiger partial charge on any atom is -0.366 e. The first-order valence-corrected chi connectivity index (χ1v) is 10.1. The van der Waals surface area contributed by atoms with Gasteiger partial charge in [-0.1, -0.05) is 35.9 Å². The second-order valence-electron chi connectivity index (χ2n) is 6.73. The van der Waals surface area contributed by atoms with Gasteiger partial charge in [-0.05, 0) is 65.3 Å². The van der Waals surface area contributed by atoms with E-state index < -0.39 is 5.91 Å². The molecular formula is C21H18ClN3O2S. The van der Waals surface area contributed by atoms with Gasteiger partial charge in [0.05, 0.1) is 6.04 Å². The van der Waals surface area contributed by atoms with Crippen molar-refractivity contribution in [2.75, 3.05) is 0 Å². The third-order valence-corrected chi connectivity index (χ3v) is 6.03. The lowest BCUT2D eigenvalue weighted by Gasteiger charge is -2.30. The van der Waals surface area contributed by atoms with Crippen LogP contribution in [-0.4, -0.2) is 21.1 Å². The van der Waals surface area contributed by atoms with E-state index in [9.17, 15) is 9.59 Å². The molecule has 0 spiro atoms. The fourth-order valence-corrected chi connectivity index (χ4v) is 4.48. The van der Waals surface area contributed by atoms with Crippen LogP contribution in [0, 0.1) is 0 Å². The summed E-state index contributed by atoms with van der Waals surface area (Å²) in [5.74, 6) is -0.616. The first kappa shape index (κ1) is 18.7. The number of hydrogen-bond donors (Lipinski definition) is 1. The lowest BCUT2D eigenvalue weighted by Crippen LogP contribution is -2.34. The van der Waals surface area contributed by atoms with Crippen molar-refractivity contribution in [2.24, 2.45) is 5.73 Å². The van der Waals surface area contributed by atoms with Crippen molar-refractivity contribution in [1.82, 2.24) is 9.27 Å². The van der Waals surface area contributed by atoms with Gasteiger partial charge in [0.2, 0.25) is 5.91 Å². The number of fused-ring (bicyclic) bond motifs is 1. The number of hydrogen-bond acceptors (Lipinski definition) is 4. The Morgan fingerprint density at radius 3 is 2.79 bits per heavy atom. The molecule has 0 saturated heterocycles. The molecule has 0 radical (unpaired) electrons. The molecular weight excluding hydrogens is 394 g/mol. The molecule has 1 atom stereocenters. The zero-order valence-electron chi connectivity index (χ0n) is 15.0. The van der Waals surface area contributed by atoms with E-state index in [2.05, 4.69) is 4.37 Å². The summed E-state index contributed by atoms with van der Waals surface area (Å²) < 4.78 is 4.06. The van der Waals surface area contributed by atoms with Crippen LogP contribution in [0.4, 0.5) is 0 Å². The first-order valence-electron chi connectivity index (χ1n) is 8.92. The summed E-state index contributed by atoms with van der Waals surface area (Å²) in [6.45, 7) is 0.284. The predicted octanol–water partition coefficient (Wildman–Crippen LogP) is 4.23. The van der Waals surface area contributed by atoms with Gasteiger partial charge in [-0.2, -0.15) is 0 Å². The van der Waals surface area contributed by atoms with Gasteiger partial charge >= 0.3 is 0 Å². The molecule has 0 unspecified atom stereocenters. The first-order chi connectivity index (χ1) is 13.5. The maximum Gasteiger partial charge on any atom is 0.266 e. The Morgan fingerprint density at radius 2 is 2.04 bits per heavy atom. The third-order valence-electron chi connectivity index (χ3n) is 5.06. The van der Waals surface area contributed by atoms with Crippen molar-refractivity contribution in [3.05, 3.63) is 86.9 Å². The molecule has 142 valence electrons. The number of carbonyl (C=O) groups excluding carboxylic acids is 2. The quantitative estimate of drug-likeness (QED) is 0.682. The molecule has 0 fully saturated rings. The zero-order valence-corrected chi connectivity index (χ0v) is 16.5. The molecule has 2 amide bonds. The number of carbonyl (C=O) groups is 2. The van der Waals surface area contributed by atoms with E-state index in [0.717, 1.165) is 35.5 Å². The summed E-state index contributed by atoms with van der Waals surface area (Å²) in [5.41, 5.74) is 8.94. The monoisotopic (exact) mass is 411 g/mol. The fraction of sp³-hybridized carbons (Fsp3) is 0.190. The summed E-state index contributed by atoms with van der Waals surface area (Å²) in [4.78, 5) is 27.5. The van der Waals surface area contributed by atoms with E-state index >= 15 is 0 Å². The molecule has 1 heterocycles. The molecule has 7 heteroatoms. The minimum absolute atomic E-state index is 0.111. The smallest absolute Gasteiger partial charge is 0.266 e. The van der Waals surface area contributed by atoms with Crippen molar-refractivity contribution in [2.45, 2.75) is 25.4 Å². The van der Waals surface area contributed by atoms with E-state index in [-0.39, 0.29) is 18.5 Å². The average molecular weight is 412 g/mol. The van der Waals surface area contributed by atoms with Gasteiger partial charge in [-0.25, -0.2) is 4.37 Å². The molecule has 1 aliphatic rings. The minimum atomic E-state index is -0.504. The Morgan fingerprint density at radius 1 is 1.21 bits per heavy atom. The van der Waals surface area contributed by atoms with Gasteiger partial charge in [0.1, 0.15) is 4.88 Å². The molecule has 5 nitrogen and oxygen atoms in total. The van der Waals surface area contributed by atoms with E-state index in [1.54, 1.807) is 29.3 Å². The number of primary amides is 1. The lowest BCUT2D eigenvalue weighted by molar-refractivity contribution is 0.0661. The van der Waals surface area contributed by atoms with Crippen molar-refractivity contribution < 1.29 is 9.59 Å². The van der Waals surface area contributed by atoms with Crippen LogP contribution in [0.25, 0.3) is 0 Å². The molecule has 28 heavy (non-hydrogen) atoms. The van der Waals surface area contributed by atoms with Gasteiger partial charge in [0.15, 0.2) is 0 Å². The van der Waals surface area contributed by atoms with Crippen molar-refractivity contribution >= 4 is 34.9 Å². The predicted molar refractivity (Wildman–Crippen MR) is 109 cm³/mol. The Kier molecular flexibility index (Phi) is 5.15. The van der Waals surface area contributed by atoms with Crippen molar-refractivity contribution in [3.8, 4) is 0 Å². The van der Waals surface area contributed by atoms with Gasteiger partial charge in [0.25, 0.3) is 5.91 Å². The molecule has 2 N–H and O–H groups in total. The lowest BCUT2D eigenvalue weighted by atomic mass is 10.0. The molecule has 1 aliphatic carbocycles. The van der Waals surface area contributed by atoms with Gasteiger partial charge in [-0.3, -0.25) is 9.59 Å². The summed E-state index contributed by atoms with van der Waals surface area (Å²) in [7, 11) is 0. The largest absolute Gasteiger partial charge is 0.366 e. The standard InChI is InChI=1S/C21H18ClN3O2S/c22-15-7-5-13-6-8-18(17(13)11-15)25(21(27)19-9-10-24-28-19)12-14-3-1-2-4-16(14)20(23)26/h1-5,7,9-11,18H,6,8,12H2,(H2,23,26)/t18-/m1/s1. The van der Waals surface area contributed by atoms with Crippen LogP contribution in [0.5, 0.6) is 0 Å². The Balaban J connectivity index is 1.76. The van der Waals surface area contributed by atoms with Crippen LogP contribution >= 0.6 is 23.1 Å². The summed E-state index contributed by atoms with van der Waals surface area (Å²) >= 11 is 7.39. The number of benzene rings is 2. The second-order valence-corrected chi connectivity index (χ2v) is 8.00. The number of aromatic nitrogens is 1. The number of nitrogens with zero attached hydrogens (tertiary/aromatic N) is 2. The third kappa shape index (κ3) is 3.53. The highest BCUT2D eigenvalue weighted by molar-refractivity contribution is 7.08. The van der Waals surface area contributed by atoms with E-state index in [1.165, 1.54) is 5.56 Å². The van der Waals surface area contributed by atoms with Gasteiger partial charge in [-0.15, -0.1) is 0 Å². The number of rotatable bonds is 5. The van der Waals surface area contributed by atoms with Crippen LogP contribution in [-0.2, 0) is 13.0 Å². The number of aryl methyl sites for hydroxylation is 1. The Labute approximate surface area is 171 Å². The van der Waals surface area contributed by atoms with Gasteiger partial charge < -0.3 is 10.6 Å².